The average Bonchev–Trinajstić information content (AvgIpc) is 2.95. The number of hydrogen-bond acceptors (Lipinski definition) is 3. The van der Waals surface area contributed by atoms with Gasteiger partial charge in [0.2, 0.25) is 5.91 Å². The van der Waals surface area contributed by atoms with Gasteiger partial charge in [0.25, 0.3) is 0 Å². The number of amides is 1. The van der Waals surface area contributed by atoms with Gasteiger partial charge >= 0.3 is 0 Å². The van der Waals surface area contributed by atoms with Gasteiger partial charge in [0.05, 0.1) is 12.3 Å². The van der Waals surface area contributed by atoms with Gasteiger partial charge in [-0.05, 0) is 25.2 Å². The molecule has 0 spiro atoms. The third-order valence-corrected chi connectivity index (χ3v) is 4.66. The van der Waals surface area contributed by atoms with Gasteiger partial charge < -0.3 is 4.90 Å². The fraction of sp³-hybridized carbons (Fsp3) is 0.833. The Morgan fingerprint density at radius 1 is 1.23 bits per heavy atom. The largest absolute Gasteiger partial charge is 0.338 e. The summed E-state index contributed by atoms with van der Waals surface area (Å²) in [6.07, 6.45) is 4.97. The van der Waals surface area contributed by atoms with E-state index in [2.05, 4.69) is 39.6 Å². The van der Waals surface area contributed by atoms with Gasteiger partial charge in [-0.3, -0.25) is 14.8 Å². The van der Waals surface area contributed by atoms with Crippen LogP contribution in [0.3, 0.4) is 0 Å². The molecule has 22 heavy (non-hydrogen) atoms. The summed E-state index contributed by atoms with van der Waals surface area (Å²) in [6.45, 7) is 14.1. The summed E-state index contributed by atoms with van der Waals surface area (Å²) in [7, 11) is 0. The van der Waals surface area contributed by atoms with Crippen LogP contribution in [0.25, 0.3) is 0 Å². The molecular formula is C18H33N3O. The van der Waals surface area contributed by atoms with E-state index in [1.54, 1.807) is 0 Å². The molecule has 0 saturated heterocycles. The van der Waals surface area contributed by atoms with Crippen molar-refractivity contribution >= 4 is 17.8 Å². The van der Waals surface area contributed by atoms with E-state index in [0.717, 1.165) is 31.5 Å². The second-order valence-corrected chi connectivity index (χ2v) is 6.64. The van der Waals surface area contributed by atoms with E-state index in [1.165, 1.54) is 0 Å². The van der Waals surface area contributed by atoms with Crippen LogP contribution in [0.1, 0.15) is 60.8 Å². The minimum atomic E-state index is -0.106. The van der Waals surface area contributed by atoms with E-state index in [-0.39, 0.29) is 18.0 Å². The van der Waals surface area contributed by atoms with E-state index in [0.29, 0.717) is 18.4 Å². The highest BCUT2D eigenvalue weighted by atomic mass is 16.2. The SMILES string of the molecule is CCCN(CC1N=CC(C(CC)CC)=N1)C(=O)C(C)C(C)C. The summed E-state index contributed by atoms with van der Waals surface area (Å²) in [5.41, 5.74) is 1.11. The van der Waals surface area contributed by atoms with Gasteiger partial charge in [-0.2, -0.15) is 0 Å². The van der Waals surface area contributed by atoms with E-state index in [1.807, 2.05) is 18.0 Å². The Balaban J connectivity index is 2.73. The van der Waals surface area contributed by atoms with Gasteiger partial charge in [-0.25, -0.2) is 0 Å². The summed E-state index contributed by atoms with van der Waals surface area (Å²) in [5, 5.41) is 0. The van der Waals surface area contributed by atoms with Gasteiger partial charge in [0.1, 0.15) is 0 Å². The first-order valence-electron chi connectivity index (χ1n) is 8.84. The predicted octanol–water partition coefficient (Wildman–Crippen LogP) is 3.80. The van der Waals surface area contributed by atoms with Crippen LogP contribution in [0.4, 0.5) is 0 Å². The Kier molecular flexibility index (Phi) is 7.77. The zero-order valence-corrected chi connectivity index (χ0v) is 15.2. The monoisotopic (exact) mass is 307 g/mol. The molecular weight excluding hydrogens is 274 g/mol. The Morgan fingerprint density at radius 2 is 1.86 bits per heavy atom. The Labute approximate surface area is 136 Å². The number of nitrogens with zero attached hydrogens (tertiary/aromatic N) is 3. The standard InChI is InChI=1S/C18H33N3O/c1-7-10-21(18(22)14(6)13(4)5)12-17-19-11-16(20-17)15(8-2)9-3/h11,13-15,17H,7-10,12H2,1-6H3. The van der Waals surface area contributed by atoms with Crippen molar-refractivity contribution in [3.63, 3.8) is 0 Å². The van der Waals surface area contributed by atoms with Crippen molar-refractivity contribution in [3.05, 3.63) is 0 Å². The lowest BCUT2D eigenvalue weighted by atomic mass is 9.96. The fourth-order valence-corrected chi connectivity index (χ4v) is 2.74. The molecule has 1 aliphatic rings. The van der Waals surface area contributed by atoms with Gasteiger partial charge in [0.15, 0.2) is 6.17 Å². The summed E-state index contributed by atoms with van der Waals surface area (Å²) in [5.74, 6) is 1.15. The van der Waals surface area contributed by atoms with Crippen molar-refractivity contribution in [2.75, 3.05) is 13.1 Å². The van der Waals surface area contributed by atoms with E-state index in [9.17, 15) is 4.79 Å². The third kappa shape index (κ3) is 4.92. The molecule has 2 unspecified atom stereocenters. The number of aliphatic imine (C=N–C) groups is 2. The maximum absolute atomic E-state index is 12.6. The highest BCUT2D eigenvalue weighted by molar-refractivity contribution is 6.32. The van der Waals surface area contributed by atoms with E-state index in [4.69, 9.17) is 4.99 Å². The lowest BCUT2D eigenvalue weighted by Crippen LogP contribution is -2.41. The third-order valence-electron chi connectivity index (χ3n) is 4.66. The van der Waals surface area contributed by atoms with Crippen LogP contribution in [0.2, 0.25) is 0 Å². The summed E-state index contributed by atoms with van der Waals surface area (Å²) >= 11 is 0. The molecule has 4 heteroatoms. The lowest BCUT2D eigenvalue weighted by Gasteiger charge is -2.28. The maximum atomic E-state index is 12.6. The molecule has 0 fully saturated rings. The molecule has 1 amide bonds. The predicted molar refractivity (Wildman–Crippen MR) is 94.7 cm³/mol. The minimum absolute atomic E-state index is 0.0550. The molecule has 1 aliphatic heterocycles. The van der Waals surface area contributed by atoms with Crippen LogP contribution in [-0.4, -0.2) is 42.0 Å². The molecule has 0 bridgehead atoms. The van der Waals surface area contributed by atoms with Crippen molar-refractivity contribution < 1.29 is 4.79 Å². The maximum Gasteiger partial charge on any atom is 0.225 e. The van der Waals surface area contributed by atoms with Crippen LogP contribution >= 0.6 is 0 Å². The molecule has 4 nitrogen and oxygen atoms in total. The van der Waals surface area contributed by atoms with Gasteiger partial charge in [-0.1, -0.05) is 41.5 Å². The van der Waals surface area contributed by atoms with Crippen molar-refractivity contribution in [2.24, 2.45) is 27.7 Å². The van der Waals surface area contributed by atoms with Gasteiger partial charge in [0, 0.05) is 24.6 Å². The summed E-state index contributed by atoms with van der Waals surface area (Å²) < 4.78 is 0. The normalized spacial score (nSPS) is 18.9. The zero-order chi connectivity index (χ0) is 16.7. The number of rotatable bonds is 9. The lowest BCUT2D eigenvalue weighted by molar-refractivity contribution is -0.136. The van der Waals surface area contributed by atoms with E-state index < -0.39 is 0 Å². The molecule has 0 radical (unpaired) electrons. The van der Waals surface area contributed by atoms with Crippen LogP contribution in [0.15, 0.2) is 9.98 Å². The second-order valence-electron chi connectivity index (χ2n) is 6.64. The molecule has 1 heterocycles. The topological polar surface area (TPSA) is 45.0 Å². The first-order chi connectivity index (χ1) is 10.4. The Hall–Kier alpha value is -1.19. The van der Waals surface area contributed by atoms with Crippen LogP contribution in [0, 0.1) is 17.8 Å². The van der Waals surface area contributed by atoms with E-state index >= 15 is 0 Å². The number of carbonyl (C=O) groups is 1. The molecule has 0 aliphatic carbocycles. The number of carbonyl (C=O) groups excluding carboxylic acids is 1. The summed E-state index contributed by atoms with van der Waals surface area (Å²) in [4.78, 5) is 23.8. The zero-order valence-electron chi connectivity index (χ0n) is 15.2. The highest BCUT2D eigenvalue weighted by Gasteiger charge is 2.26. The Bertz CT molecular complexity index is 411. The van der Waals surface area contributed by atoms with Crippen molar-refractivity contribution in [3.8, 4) is 0 Å². The van der Waals surface area contributed by atoms with Crippen molar-refractivity contribution in [2.45, 2.75) is 67.0 Å². The molecule has 0 N–H and O–H groups in total. The second kappa shape index (κ2) is 9.06. The van der Waals surface area contributed by atoms with Crippen LogP contribution in [0.5, 0.6) is 0 Å². The first-order valence-corrected chi connectivity index (χ1v) is 8.84. The molecule has 2 atom stereocenters. The minimum Gasteiger partial charge on any atom is -0.338 e. The molecule has 0 aromatic heterocycles. The molecule has 0 aromatic rings. The van der Waals surface area contributed by atoms with Crippen molar-refractivity contribution in [1.29, 1.82) is 0 Å². The first kappa shape index (κ1) is 18.9. The molecule has 1 rings (SSSR count). The smallest absolute Gasteiger partial charge is 0.225 e. The fourth-order valence-electron chi connectivity index (χ4n) is 2.74. The van der Waals surface area contributed by atoms with Crippen molar-refractivity contribution in [1.82, 2.24) is 4.90 Å². The van der Waals surface area contributed by atoms with Crippen LogP contribution < -0.4 is 0 Å². The van der Waals surface area contributed by atoms with Gasteiger partial charge in [-0.15, -0.1) is 0 Å². The highest BCUT2D eigenvalue weighted by Crippen LogP contribution is 2.18. The average molecular weight is 307 g/mol. The molecule has 0 aromatic carbocycles. The number of hydrogen-bond donors (Lipinski definition) is 0. The molecule has 126 valence electrons. The Morgan fingerprint density at radius 3 is 2.36 bits per heavy atom. The molecule has 0 saturated carbocycles. The van der Waals surface area contributed by atoms with Crippen LogP contribution in [-0.2, 0) is 4.79 Å². The summed E-state index contributed by atoms with van der Waals surface area (Å²) in [6, 6.07) is 0. The quantitative estimate of drug-likeness (QED) is 0.639.